The van der Waals surface area contributed by atoms with Gasteiger partial charge in [0.1, 0.15) is 24.4 Å². The number of aliphatic hydroxyl groups excluding tert-OH is 1. The van der Waals surface area contributed by atoms with Crippen LogP contribution >= 0.6 is 15.9 Å². The van der Waals surface area contributed by atoms with E-state index in [0.29, 0.717) is 23.7 Å². The Bertz CT molecular complexity index is 1590. The second-order valence-electron chi connectivity index (χ2n) is 12.6. The summed E-state index contributed by atoms with van der Waals surface area (Å²) in [6.45, 7) is 4.18. The van der Waals surface area contributed by atoms with Crippen molar-refractivity contribution < 1.29 is 33.8 Å². The van der Waals surface area contributed by atoms with Crippen molar-refractivity contribution in [3.05, 3.63) is 87.9 Å². The minimum Gasteiger partial charge on any atom is -0.463 e. The molecule has 4 heterocycles. The van der Waals surface area contributed by atoms with Crippen LogP contribution in [0, 0.1) is 25.7 Å². The highest BCUT2D eigenvalue weighted by molar-refractivity contribution is 9.11. The Balaban J connectivity index is 1.47. The van der Waals surface area contributed by atoms with E-state index >= 15 is 4.79 Å². The maximum Gasteiger partial charge on any atom is 0.306 e. The van der Waals surface area contributed by atoms with Crippen molar-refractivity contribution in [2.24, 2.45) is 11.8 Å². The maximum atomic E-state index is 15.0. The fraction of sp³-hybridized carbons (Fsp3) is 0.444. The largest absolute Gasteiger partial charge is 0.463 e. The number of nitrogens with zero attached hydrogens (tertiary/aromatic N) is 2. The van der Waals surface area contributed by atoms with Crippen molar-refractivity contribution in [2.45, 2.75) is 63.3 Å². The third kappa shape index (κ3) is 6.05. The minimum absolute atomic E-state index is 0.0466. The highest BCUT2D eigenvalue weighted by Crippen LogP contribution is 2.59. The smallest absolute Gasteiger partial charge is 0.306 e. The molecule has 47 heavy (non-hydrogen) atoms. The molecule has 0 aliphatic carbocycles. The fourth-order valence-corrected chi connectivity index (χ4v) is 8.26. The van der Waals surface area contributed by atoms with Crippen LogP contribution in [0.1, 0.15) is 48.4 Å². The van der Waals surface area contributed by atoms with Crippen LogP contribution in [0.25, 0.3) is 0 Å². The highest BCUT2D eigenvalue weighted by Gasteiger charge is 2.74. The van der Waals surface area contributed by atoms with E-state index < -0.39 is 47.5 Å². The van der Waals surface area contributed by atoms with Gasteiger partial charge in [-0.2, -0.15) is 0 Å². The number of aliphatic hydroxyl groups is 1. The van der Waals surface area contributed by atoms with E-state index in [4.69, 9.17) is 9.47 Å². The number of esters is 1. The third-order valence-electron chi connectivity index (χ3n) is 9.64. The number of carbonyl (C=O) groups excluding carboxylic acids is 4. The normalized spacial score (nSPS) is 30.2. The average molecular weight is 707 g/mol. The number of likely N-dealkylation sites (tertiary alicyclic amines) is 1. The molecule has 4 aliphatic rings. The van der Waals surface area contributed by atoms with Crippen molar-refractivity contribution in [2.75, 3.05) is 31.2 Å². The molecule has 1 spiro atoms. The third-order valence-corrected chi connectivity index (χ3v) is 10.3. The lowest BCUT2D eigenvalue weighted by molar-refractivity contribution is -0.145. The van der Waals surface area contributed by atoms with Crippen LogP contribution in [0.4, 0.5) is 5.69 Å². The summed E-state index contributed by atoms with van der Waals surface area (Å²) in [7, 11) is 0. The maximum absolute atomic E-state index is 15.0. The van der Waals surface area contributed by atoms with Gasteiger partial charge in [-0.1, -0.05) is 76.6 Å². The summed E-state index contributed by atoms with van der Waals surface area (Å²) < 4.78 is 12.9. The first-order chi connectivity index (χ1) is 22.7. The summed E-state index contributed by atoms with van der Waals surface area (Å²) in [6.07, 6.45) is 6.22. The zero-order valence-corrected chi connectivity index (χ0v) is 28.1. The molecule has 10 nitrogen and oxygen atoms in total. The van der Waals surface area contributed by atoms with Crippen LogP contribution < -0.4 is 10.2 Å². The first-order valence-corrected chi connectivity index (χ1v) is 17.0. The summed E-state index contributed by atoms with van der Waals surface area (Å²) in [5.41, 5.74) is 1.88. The quantitative estimate of drug-likeness (QED) is 0.264. The number of cyclic esters (lactones) is 1. The van der Waals surface area contributed by atoms with Crippen molar-refractivity contribution in [1.82, 2.24) is 10.2 Å². The van der Waals surface area contributed by atoms with Crippen molar-refractivity contribution in [3.63, 3.8) is 0 Å². The number of carbonyl (C=O) groups is 4. The molecule has 6 atom stereocenters. The predicted octanol–water partition coefficient (Wildman–Crippen LogP) is 4.03. The average Bonchev–Trinajstić information content (AvgIpc) is 3.64. The molecule has 0 saturated carbocycles. The summed E-state index contributed by atoms with van der Waals surface area (Å²) in [6, 6.07) is 13.3. The first-order valence-electron chi connectivity index (χ1n) is 16.2. The van der Waals surface area contributed by atoms with Gasteiger partial charge in [0.15, 0.2) is 0 Å². The second kappa shape index (κ2) is 13.7. The van der Waals surface area contributed by atoms with Gasteiger partial charge in [-0.25, -0.2) is 0 Å². The van der Waals surface area contributed by atoms with Gasteiger partial charge < -0.3 is 29.7 Å². The Morgan fingerprint density at radius 3 is 2.45 bits per heavy atom. The molecular formula is C36H40BrN3O7. The molecule has 6 rings (SSSR count). The second-order valence-corrected chi connectivity index (χ2v) is 13.6. The number of hydrogen-bond donors (Lipinski definition) is 2. The molecule has 2 saturated heterocycles. The molecular weight excluding hydrogens is 666 g/mol. The molecule has 0 aromatic heterocycles. The number of unbranched alkanes of at least 4 members (excludes halogenated alkanes) is 1. The number of benzene rings is 2. The topological polar surface area (TPSA) is 125 Å². The van der Waals surface area contributed by atoms with Gasteiger partial charge in [0.2, 0.25) is 11.8 Å². The molecule has 0 unspecified atom stereocenters. The van der Waals surface area contributed by atoms with Crippen LogP contribution in [0.5, 0.6) is 0 Å². The molecule has 2 fully saturated rings. The zero-order chi connectivity index (χ0) is 33.3. The van der Waals surface area contributed by atoms with Crippen LogP contribution in [0.3, 0.4) is 0 Å². The van der Waals surface area contributed by atoms with Crippen LogP contribution in [0.2, 0.25) is 0 Å². The standard InChI is InChI=1S/C36H40BrN3O7/c1-22-12-11-13-23(2)30(22)39-17-8-4-7-16-27(42)46-21-26(24-14-5-3-6-15-24)38-33(43)28-29-34(44)40(18-9-10-19-41)32(35(39)45)36(29)20-25(37)31(28)47-36/h3-6,8,11-15,20,26,28-29,31-32,41H,7,9-10,16-19,21H2,1-2H3,(H,38,43)/b8-4-/t26-,28-,29+,31-,32-,36+/m0/s1. The Morgan fingerprint density at radius 1 is 0.979 bits per heavy atom. The van der Waals surface area contributed by atoms with E-state index in [1.54, 1.807) is 9.80 Å². The molecule has 5 bridgehead atoms. The van der Waals surface area contributed by atoms with Crippen LogP contribution in [-0.4, -0.2) is 77.7 Å². The SMILES string of the molecule is Cc1cccc(C)c1N1C/C=C\CCC(=O)OC[C@@H](c2ccccc2)NC(=O)[C@@H]2[C@H]3O[C@@]4(C=C3Br)[C@H](C1=O)N(CCCCO)C(=O)[C@@H]24. The van der Waals surface area contributed by atoms with E-state index in [9.17, 15) is 19.5 Å². The van der Waals surface area contributed by atoms with Gasteiger partial charge in [0, 0.05) is 36.3 Å². The van der Waals surface area contributed by atoms with E-state index in [-0.39, 0.29) is 44.5 Å². The van der Waals surface area contributed by atoms with Gasteiger partial charge in [0.05, 0.1) is 17.9 Å². The van der Waals surface area contributed by atoms with E-state index in [0.717, 1.165) is 22.4 Å². The monoisotopic (exact) mass is 705 g/mol. The zero-order valence-electron chi connectivity index (χ0n) is 26.6. The number of hydrogen-bond acceptors (Lipinski definition) is 7. The van der Waals surface area contributed by atoms with Crippen molar-refractivity contribution >= 4 is 45.3 Å². The first kappa shape index (κ1) is 33.1. The lowest BCUT2D eigenvalue weighted by atomic mass is 9.74. The molecule has 0 radical (unpaired) electrons. The summed E-state index contributed by atoms with van der Waals surface area (Å²) in [5, 5.41) is 12.6. The lowest BCUT2D eigenvalue weighted by Gasteiger charge is -2.36. The number of anilines is 1. The number of aryl methyl sites for hydroxylation is 2. The van der Waals surface area contributed by atoms with Gasteiger partial charge in [-0.3, -0.25) is 19.2 Å². The molecule has 248 valence electrons. The Kier molecular flexibility index (Phi) is 9.68. The van der Waals surface area contributed by atoms with Gasteiger partial charge >= 0.3 is 5.97 Å². The number of nitrogens with one attached hydrogen (secondary N) is 1. The number of fused-ring (bicyclic) bond motifs is 2. The molecule has 3 amide bonds. The molecule has 2 aromatic rings. The van der Waals surface area contributed by atoms with Crippen molar-refractivity contribution in [3.8, 4) is 0 Å². The highest BCUT2D eigenvalue weighted by atomic mass is 79.9. The van der Waals surface area contributed by atoms with Crippen LogP contribution in [0.15, 0.2) is 71.2 Å². The number of allylic oxidation sites excluding steroid dienone is 1. The van der Waals surface area contributed by atoms with Crippen LogP contribution in [-0.2, 0) is 28.7 Å². The Morgan fingerprint density at radius 2 is 1.72 bits per heavy atom. The number of halogens is 1. The lowest BCUT2D eigenvalue weighted by Crippen LogP contribution is -2.56. The molecule has 2 N–H and O–H groups in total. The number of amides is 3. The van der Waals surface area contributed by atoms with Gasteiger partial charge in [0.25, 0.3) is 5.91 Å². The fourth-order valence-electron chi connectivity index (χ4n) is 7.52. The molecule has 11 heteroatoms. The predicted molar refractivity (Wildman–Crippen MR) is 178 cm³/mol. The minimum atomic E-state index is -1.39. The molecule has 2 aromatic carbocycles. The van der Waals surface area contributed by atoms with Gasteiger partial charge in [-0.05, 0) is 55.9 Å². The van der Waals surface area contributed by atoms with Gasteiger partial charge in [-0.15, -0.1) is 0 Å². The summed E-state index contributed by atoms with van der Waals surface area (Å²) in [5.74, 6) is -3.38. The van der Waals surface area contributed by atoms with E-state index in [1.165, 1.54) is 0 Å². The summed E-state index contributed by atoms with van der Waals surface area (Å²) >= 11 is 3.62. The van der Waals surface area contributed by atoms with E-state index in [2.05, 4.69) is 21.2 Å². The summed E-state index contributed by atoms with van der Waals surface area (Å²) in [4.78, 5) is 59.8. The molecule has 4 aliphatic heterocycles. The van der Waals surface area contributed by atoms with E-state index in [1.807, 2.05) is 80.6 Å². The number of ether oxygens (including phenoxy) is 2. The number of para-hydroxylation sites is 1. The Labute approximate surface area is 282 Å². The van der Waals surface area contributed by atoms with Crippen molar-refractivity contribution in [1.29, 1.82) is 0 Å². The number of rotatable bonds is 6. The Hall–Kier alpha value is -3.80.